The molecule has 134 heavy (non-hydrogen) atoms. The molecule has 0 unspecified atom stereocenters. The van der Waals surface area contributed by atoms with Crippen LogP contribution in [0.4, 0.5) is 0 Å². The molecule has 10 atom stereocenters. The average molecular weight is 1880 g/mol. The van der Waals surface area contributed by atoms with E-state index in [2.05, 4.69) is 0 Å². The van der Waals surface area contributed by atoms with Gasteiger partial charge in [0.25, 0.3) is 0 Å². The standard InChI is InChI=1S/C82H58O52/c83-28-1-18(2-29(84)49(28)97)71(112)129-67-65-43(125-81(133-75(116)22-9-36(91)53(101)37(92)10-22)69(67)131-73(114)20-5-32(87)51(99)33(88)6-20)17-123-77(118)26-15-42(58(106)62(110)48(26)47-25(79(120)127-65)13-40(95)56(104)61(47)109)124-64-27(14-41(96)57(105)63(64)111)80(121)134-82-70(132-74(115)21-7-34(89)52(100)35(90)8-21)68(130-72(113)19-3-30(85)50(98)31(86)4-19)66-44(126-82)16-122-76(117)23-11-38(93)54(102)59(107)45(23)46-24(78(119)128-66)12-39(94)55(103)60(46)108/h1-15,43-44,65-70,81-111H,16-17H2/t43-,44-,65-,66-,67+,68+,69+,70-,81+,82+/m1/s1. The van der Waals surface area contributed by atoms with Crippen molar-refractivity contribution in [3.05, 3.63) is 147 Å². The average Bonchev–Trinajstić information content (AvgIpc) is 1.18. The first-order chi connectivity index (χ1) is 63.0. The summed E-state index contributed by atoms with van der Waals surface area (Å²) in [6, 6.07) is 4.94. The van der Waals surface area contributed by atoms with Crippen LogP contribution in [0.25, 0.3) is 22.3 Å². The van der Waals surface area contributed by atoms with Gasteiger partial charge in [-0.15, -0.1) is 0 Å². The highest BCUT2D eigenvalue weighted by Crippen LogP contribution is 2.58. The number of aromatic hydroxyl groups is 29. The van der Waals surface area contributed by atoms with E-state index in [1.807, 2.05) is 0 Å². The predicted molar refractivity (Wildman–Crippen MR) is 415 cm³/mol. The normalized spacial score (nSPS) is 19.1. The van der Waals surface area contributed by atoms with Crippen LogP contribution in [0.3, 0.4) is 0 Å². The molecule has 698 valence electrons. The smallest absolute Gasteiger partial charge is 0.344 e. The van der Waals surface area contributed by atoms with Crippen molar-refractivity contribution in [3.8, 4) is 200 Å². The number of hydrogen-bond acceptors (Lipinski definition) is 52. The molecule has 0 bridgehead atoms. The van der Waals surface area contributed by atoms with Crippen LogP contribution >= 0.6 is 0 Å². The second-order valence-corrected chi connectivity index (χ2v) is 28.7. The molecule has 2 fully saturated rings. The van der Waals surface area contributed by atoms with E-state index in [0.29, 0.717) is 66.7 Å². The molecule has 10 aromatic carbocycles. The first-order valence-electron chi connectivity index (χ1n) is 37.0. The summed E-state index contributed by atoms with van der Waals surface area (Å²) in [6.45, 7) is -3.27. The number of hydrogen-bond donors (Lipinski definition) is 29. The molecular formula is C82H58O52. The minimum Gasteiger partial charge on any atom is -0.504 e. The lowest BCUT2D eigenvalue weighted by molar-refractivity contribution is -0.282. The van der Waals surface area contributed by atoms with E-state index in [-0.39, 0.29) is 24.3 Å². The van der Waals surface area contributed by atoms with Crippen molar-refractivity contribution in [1.82, 2.24) is 0 Å². The highest BCUT2D eigenvalue weighted by atomic mass is 16.8. The van der Waals surface area contributed by atoms with Crippen LogP contribution in [0.15, 0.2) is 91.0 Å². The van der Waals surface area contributed by atoms with Crippen LogP contribution in [0.5, 0.6) is 178 Å². The lowest BCUT2D eigenvalue weighted by Gasteiger charge is -2.43. The molecule has 4 aliphatic heterocycles. The van der Waals surface area contributed by atoms with E-state index in [4.69, 9.17) is 61.6 Å². The molecule has 0 amide bonds. The van der Waals surface area contributed by atoms with Crippen molar-refractivity contribution in [1.29, 1.82) is 0 Å². The van der Waals surface area contributed by atoms with Crippen LogP contribution in [-0.4, -0.2) is 282 Å². The highest BCUT2D eigenvalue weighted by Gasteiger charge is 2.58. The Morgan fingerprint density at radius 2 is 0.485 bits per heavy atom. The maximum absolute atomic E-state index is 15.5. The molecule has 4 aliphatic rings. The fourth-order valence-electron chi connectivity index (χ4n) is 13.9. The number of cyclic esters (lactones) is 2. The van der Waals surface area contributed by atoms with Gasteiger partial charge in [0.05, 0.1) is 50.1 Å². The number of rotatable bonds is 14. The van der Waals surface area contributed by atoms with Crippen molar-refractivity contribution in [2.24, 2.45) is 0 Å². The van der Waals surface area contributed by atoms with Crippen molar-refractivity contribution < 1.29 is 258 Å². The van der Waals surface area contributed by atoms with Gasteiger partial charge in [0.15, 0.2) is 168 Å². The molecule has 10 aromatic rings. The summed E-state index contributed by atoms with van der Waals surface area (Å²) in [5, 5.41) is 315. The maximum atomic E-state index is 15.5. The van der Waals surface area contributed by atoms with Crippen molar-refractivity contribution in [2.45, 2.75) is 61.4 Å². The van der Waals surface area contributed by atoms with E-state index in [0.717, 1.165) is 0 Å². The largest absolute Gasteiger partial charge is 0.504 e. The molecule has 14 rings (SSSR count). The molecule has 4 heterocycles. The van der Waals surface area contributed by atoms with Crippen molar-refractivity contribution >= 4 is 59.7 Å². The lowest BCUT2D eigenvalue weighted by atomic mass is 9.91. The van der Waals surface area contributed by atoms with Crippen LogP contribution in [0, 0.1) is 0 Å². The summed E-state index contributed by atoms with van der Waals surface area (Å²) in [5.74, 6) is -65.9. The SMILES string of the molecule is O=C(O[C@@H]1O[C@@H]2COC(=O)c3cc(Oc4c(C(=O)O[C@@H]5O[C@@H]6COC(=O)c7cc(O)c(O)c(O)c7-c7c(cc(O)c(O)c7O)C(=O)O[C@H]6[C@H](OC(=O)c6cc(O)c(O)c(O)c6)[C@H]5OC(=O)c5cc(O)c(O)c(O)c5)cc(O)c(O)c4O)c(O)c(O)c3-c3c(cc(O)c(O)c3O)C(=O)O[C@H]2[C@H](OC(=O)c2cc(O)c(O)c(O)c2)[C@@H]1OC(=O)c1cc(O)c(O)c(O)c1)c1cc(O)c(O)c(O)c1. The summed E-state index contributed by atoms with van der Waals surface area (Å²) in [5.41, 5.74) is -17.7. The zero-order chi connectivity index (χ0) is 97.7. The quantitative estimate of drug-likeness (QED) is 0.0419. The third kappa shape index (κ3) is 16.2. The van der Waals surface area contributed by atoms with Gasteiger partial charge >= 0.3 is 59.7 Å². The van der Waals surface area contributed by atoms with E-state index in [1.54, 1.807) is 0 Å². The first-order valence-corrected chi connectivity index (χ1v) is 37.0. The van der Waals surface area contributed by atoms with Crippen LogP contribution in [0.1, 0.15) is 104 Å². The third-order valence-corrected chi connectivity index (χ3v) is 20.4. The molecule has 2 saturated heterocycles. The van der Waals surface area contributed by atoms with Crippen molar-refractivity contribution in [3.63, 3.8) is 0 Å². The number of carbonyl (C=O) groups excluding carboxylic acids is 10. The second kappa shape index (κ2) is 34.2. The predicted octanol–water partition coefficient (Wildman–Crippen LogP) is 3.73. The number of fused-ring (bicyclic) bond motifs is 8. The Balaban J connectivity index is 0.901. The van der Waals surface area contributed by atoms with E-state index in [1.165, 1.54) is 0 Å². The van der Waals surface area contributed by atoms with Gasteiger partial charge in [-0.3, -0.25) is 0 Å². The lowest BCUT2D eigenvalue weighted by Crippen LogP contribution is -2.63. The molecule has 0 aromatic heterocycles. The minimum atomic E-state index is -3.13. The van der Waals surface area contributed by atoms with E-state index >= 15 is 19.2 Å². The zero-order valence-corrected chi connectivity index (χ0v) is 65.7. The topological polar surface area (TPSA) is 877 Å². The number of phenolic OH excluding ortho intramolecular Hbond substituents is 29. The first kappa shape index (κ1) is 91.0. The second-order valence-electron chi connectivity index (χ2n) is 28.7. The summed E-state index contributed by atoms with van der Waals surface area (Å²) in [6.07, 6.45) is -28.5. The van der Waals surface area contributed by atoms with E-state index in [9.17, 15) is 177 Å². The van der Waals surface area contributed by atoms with Gasteiger partial charge in [0, 0.05) is 34.4 Å². The number of esters is 10. The summed E-state index contributed by atoms with van der Waals surface area (Å²) >= 11 is 0. The highest BCUT2D eigenvalue weighted by molar-refractivity contribution is 6.11. The van der Waals surface area contributed by atoms with Gasteiger partial charge in [0.1, 0.15) is 31.0 Å². The van der Waals surface area contributed by atoms with Gasteiger partial charge in [-0.25, -0.2) is 47.9 Å². The zero-order valence-electron chi connectivity index (χ0n) is 65.7. The van der Waals surface area contributed by atoms with Gasteiger partial charge in [-0.05, 0) is 78.9 Å². The monoisotopic (exact) mass is 1870 g/mol. The maximum Gasteiger partial charge on any atom is 0.344 e. The van der Waals surface area contributed by atoms with Crippen LogP contribution in [-0.2, 0) is 56.8 Å². The summed E-state index contributed by atoms with van der Waals surface area (Å²) in [7, 11) is 0. The molecule has 29 N–H and O–H groups in total. The molecule has 0 radical (unpaired) electrons. The minimum absolute atomic E-state index is 0.0750. The van der Waals surface area contributed by atoms with Crippen LogP contribution < -0.4 is 4.74 Å². The molecule has 0 saturated carbocycles. The van der Waals surface area contributed by atoms with Gasteiger partial charge < -0.3 is 210 Å². The van der Waals surface area contributed by atoms with Gasteiger partial charge in [-0.2, -0.15) is 0 Å². The van der Waals surface area contributed by atoms with E-state index < -0.39 is 390 Å². The number of benzene rings is 10. The molecule has 52 nitrogen and oxygen atoms in total. The van der Waals surface area contributed by atoms with Gasteiger partial charge in [0.2, 0.25) is 59.3 Å². The Labute approximate surface area is 736 Å². The molecular weight excluding hydrogens is 1820 g/mol. The molecule has 0 spiro atoms. The third-order valence-electron chi connectivity index (χ3n) is 20.4. The molecule has 52 heteroatoms. The summed E-state index contributed by atoms with van der Waals surface area (Å²) < 4.78 is 74.3. The Morgan fingerprint density at radius 1 is 0.246 bits per heavy atom. The van der Waals surface area contributed by atoms with Crippen LogP contribution in [0.2, 0.25) is 0 Å². The number of ether oxygens (including phenoxy) is 13. The Hall–Kier alpha value is -19.2. The number of phenols is 29. The Bertz CT molecular complexity index is 6630. The summed E-state index contributed by atoms with van der Waals surface area (Å²) in [4.78, 5) is 148. The Kier molecular flexibility index (Phi) is 23.2. The Morgan fingerprint density at radius 3 is 0.791 bits per heavy atom. The number of carbonyl (C=O) groups is 10. The fraction of sp³-hybridized carbons (Fsp3) is 0.146. The van der Waals surface area contributed by atoms with Gasteiger partial charge in [-0.1, -0.05) is 0 Å². The fourth-order valence-corrected chi connectivity index (χ4v) is 13.9. The molecule has 0 aliphatic carbocycles. The van der Waals surface area contributed by atoms with Crippen molar-refractivity contribution in [2.75, 3.05) is 13.2 Å².